The van der Waals surface area contributed by atoms with Gasteiger partial charge in [0, 0.05) is 25.7 Å². The molecule has 29 heavy (non-hydrogen) atoms. The maximum Gasteiger partial charge on any atom is 0.325 e. The van der Waals surface area contributed by atoms with Gasteiger partial charge in [0.15, 0.2) is 11.5 Å². The summed E-state index contributed by atoms with van der Waals surface area (Å²) in [5, 5.41) is 2.65. The van der Waals surface area contributed by atoms with E-state index < -0.39 is 5.97 Å². The lowest BCUT2D eigenvalue weighted by molar-refractivity contribution is -0.141. The molecule has 8 nitrogen and oxygen atoms in total. The molecule has 8 heteroatoms. The summed E-state index contributed by atoms with van der Waals surface area (Å²) in [6.45, 7) is 4.19. The van der Waals surface area contributed by atoms with Gasteiger partial charge in [0.2, 0.25) is 0 Å². The zero-order chi connectivity index (χ0) is 21.2. The zero-order valence-corrected chi connectivity index (χ0v) is 17.9. The van der Waals surface area contributed by atoms with Crippen LogP contribution in [0.3, 0.4) is 0 Å². The minimum Gasteiger partial charge on any atom is -0.493 e. The summed E-state index contributed by atoms with van der Waals surface area (Å²) < 4.78 is 15.5. The molecule has 1 heterocycles. The molecular formula is C21H33N3O5. The van der Waals surface area contributed by atoms with Crippen LogP contribution in [0.5, 0.6) is 11.5 Å². The van der Waals surface area contributed by atoms with Gasteiger partial charge in [0.1, 0.15) is 6.54 Å². The van der Waals surface area contributed by atoms with Crippen molar-refractivity contribution in [2.24, 2.45) is 0 Å². The van der Waals surface area contributed by atoms with Crippen molar-refractivity contribution in [2.75, 3.05) is 54.1 Å². The van der Waals surface area contributed by atoms with Gasteiger partial charge in [-0.2, -0.15) is 0 Å². The van der Waals surface area contributed by atoms with Crippen molar-refractivity contribution < 1.29 is 23.8 Å². The number of likely N-dealkylation sites (tertiary alicyclic amines) is 1. The fraction of sp³-hybridized carbons (Fsp3) is 0.619. The Kier molecular flexibility index (Phi) is 9.05. The number of carbonyl (C=O) groups is 2. The number of benzene rings is 1. The predicted molar refractivity (Wildman–Crippen MR) is 111 cm³/mol. The Labute approximate surface area is 173 Å². The smallest absolute Gasteiger partial charge is 0.325 e. The second kappa shape index (κ2) is 11.5. The quantitative estimate of drug-likeness (QED) is 0.630. The third-order valence-corrected chi connectivity index (χ3v) is 5.20. The summed E-state index contributed by atoms with van der Waals surface area (Å²) in [6.07, 6.45) is 2.87. The van der Waals surface area contributed by atoms with E-state index in [1.165, 1.54) is 5.56 Å². The molecule has 1 N–H and O–H groups in total. The molecule has 0 aromatic heterocycles. The highest BCUT2D eigenvalue weighted by molar-refractivity contribution is 5.80. The number of methoxy groups -OCH3 is 2. The molecular weight excluding hydrogens is 374 g/mol. The average Bonchev–Trinajstić information content (AvgIpc) is 2.75. The monoisotopic (exact) mass is 407 g/mol. The van der Waals surface area contributed by atoms with Crippen LogP contribution in [0.15, 0.2) is 18.2 Å². The number of urea groups is 1. The van der Waals surface area contributed by atoms with Crippen molar-refractivity contribution in [1.29, 1.82) is 0 Å². The molecule has 1 atom stereocenters. The molecule has 162 valence electrons. The highest BCUT2D eigenvalue weighted by atomic mass is 16.5. The Morgan fingerprint density at radius 3 is 2.69 bits per heavy atom. The molecule has 1 saturated heterocycles. The van der Waals surface area contributed by atoms with Crippen molar-refractivity contribution in [1.82, 2.24) is 15.1 Å². The molecule has 1 aromatic rings. The van der Waals surface area contributed by atoms with Crippen molar-refractivity contribution >= 4 is 12.0 Å². The summed E-state index contributed by atoms with van der Waals surface area (Å²) in [4.78, 5) is 27.8. The predicted octanol–water partition coefficient (Wildman–Crippen LogP) is 1.92. The highest BCUT2D eigenvalue weighted by Crippen LogP contribution is 2.27. The lowest BCUT2D eigenvalue weighted by atomic mass is 10.0. The zero-order valence-electron chi connectivity index (χ0n) is 17.9. The molecule has 0 spiro atoms. The first-order chi connectivity index (χ1) is 14.0. The average molecular weight is 408 g/mol. The minimum absolute atomic E-state index is 0.0943. The number of esters is 1. The molecule has 1 aromatic carbocycles. The lowest BCUT2D eigenvalue weighted by Gasteiger charge is -2.37. The maximum atomic E-state index is 12.3. The largest absolute Gasteiger partial charge is 0.493 e. The van der Waals surface area contributed by atoms with Crippen LogP contribution in [-0.2, 0) is 16.0 Å². The number of carbonyl (C=O) groups excluding carboxylic acids is 2. The van der Waals surface area contributed by atoms with Crippen LogP contribution < -0.4 is 14.8 Å². The number of likely N-dealkylation sites (N-methyl/N-ethyl adjacent to an activating group) is 1. The second-order valence-electron chi connectivity index (χ2n) is 7.13. The SMILES string of the molecule is CCOC(=O)CNC(=O)N1CCC[C@@H](N(C)CCc2ccc(OC)c(OC)c2)C1. The minimum atomic E-state index is -0.415. The Bertz CT molecular complexity index is 682. The van der Waals surface area contributed by atoms with Crippen molar-refractivity contribution in [3.8, 4) is 11.5 Å². The van der Waals surface area contributed by atoms with Crippen molar-refractivity contribution in [3.63, 3.8) is 0 Å². The summed E-state index contributed by atoms with van der Waals surface area (Å²) in [7, 11) is 5.35. The number of rotatable bonds is 9. The molecule has 1 fully saturated rings. The van der Waals surface area contributed by atoms with Crippen LogP contribution in [0.25, 0.3) is 0 Å². The number of nitrogens with zero attached hydrogens (tertiary/aromatic N) is 2. The molecule has 0 saturated carbocycles. The number of amides is 2. The fourth-order valence-electron chi connectivity index (χ4n) is 3.49. The van der Waals surface area contributed by atoms with Crippen LogP contribution in [0, 0.1) is 0 Å². The van der Waals surface area contributed by atoms with Gasteiger partial charge >= 0.3 is 12.0 Å². The van der Waals surface area contributed by atoms with Gasteiger partial charge in [-0.1, -0.05) is 6.07 Å². The van der Waals surface area contributed by atoms with Gasteiger partial charge in [-0.3, -0.25) is 4.79 Å². The molecule has 2 amide bonds. The lowest BCUT2D eigenvalue weighted by Crippen LogP contribution is -2.52. The van der Waals surface area contributed by atoms with Crippen LogP contribution in [0.4, 0.5) is 4.79 Å². The van der Waals surface area contributed by atoms with E-state index in [1.54, 1.807) is 26.0 Å². The van der Waals surface area contributed by atoms with Crippen molar-refractivity contribution in [3.05, 3.63) is 23.8 Å². The van der Waals surface area contributed by atoms with Gasteiger partial charge in [-0.05, 0) is 50.9 Å². The maximum absolute atomic E-state index is 12.3. The van der Waals surface area contributed by atoms with Gasteiger partial charge < -0.3 is 29.3 Å². The van der Waals surface area contributed by atoms with Crippen LogP contribution in [0.2, 0.25) is 0 Å². The number of nitrogens with one attached hydrogen (secondary N) is 1. The molecule has 0 radical (unpaired) electrons. The first-order valence-corrected chi connectivity index (χ1v) is 10.1. The van der Waals surface area contributed by atoms with E-state index in [1.807, 2.05) is 18.2 Å². The van der Waals surface area contributed by atoms with E-state index in [9.17, 15) is 9.59 Å². The number of hydrogen-bond donors (Lipinski definition) is 1. The fourth-order valence-corrected chi connectivity index (χ4v) is 3.49. The Morgan fingerprint density at radius 1 is 1.24 bits per heavy atom. The van der Waals surface area contributed by atoms with Crippen LogP contribution in [0.1, 0.15) is 25.3 Å². The van der Waals surface area contributed by atoms with Gasteiger partial charge in [0.25, 0.3) is 0 Å². The Hall–Kier alpha value is -2.48. The van der Waals surface area contributed by atoms with E-state index in [0.717, 1.165) is 37.3 Å². The first-order valence-electron chi connectivity index (χ1n) is 10.1. The number of piperidine rings is 1. The summed E-state index contributed by atoms with van der Waals surface area (Å²) in [5.74, 6) is 1.04. The second-order valence-corrected chi connectivity index (χ2v) is 7.13. The Morgan fingerprint density at radius 2 is 2.00 bits per heavy atom. The van der Waals surface area contributed by atoms with E-state index in [0.29, 0.717) is 19.7 Å². The Balaban J connectivity index is 1.83. The van der Waals surface area contributed by atoms with Crippen LogP contribution >= 0.6 is 0 Å². The van der Waals surface area contributed by atoms with E-state index >= 15 is 0 Å². The molecule has 1 aliphatic heterocycles. The van der Waals surface area contributed by atoms with E-state index in [4.69, 9.17) is 14.2 Å². The highest BCUT2D eigenvalue weighted by Gasteiger charge is 2.26. The summed E-state index contributed by atoms with van der Waals surface area (Å²) in [6, 6.07) is 6.05. The first kappa shape index (κ1) is 22.8. The van der Waals surface area contributed by atoms with Gasteiger partial charge in [0.05, 0.1) is 20.8 Å². The van der Waals surface area contributed by atoms with E-state index in [2.05, 4.69) is 17.3 Å². The summed E-state index contributed by atoms with van der Waals surface area (Å²) in [5.41, 5.74) is 1.18. The van der Waals surface area contributed by atoms with Gasteiger partial charge in [-0.15, -0.1) is 0 Å². The van der Waals surface area contributed by atoms with Crippen LogP contribution in [-0.4, -0.2) is 81.9 Å². The molecule has 0 bridgehead atoms. The summed E-state index contributed by atoms with van der Waals surface area (Å²) >= 11 is 0. The van der Waals surface area contributed by atoms with E-state index in [-0.39, 0.29) is 18.6 Å². The standard InChI is InChI=1S/C21H33N3O5/c1-5-29-20(25)14-22-21(26)24-11-6-7-17(15-24)23(2)12-10-16-8-9-18(27-3)19(13-16)28-4/h8-9,13,17H,5-7,10-12,14-15H2,1-4H3,(H,22,26)/t17-/m1/s1. The normalized spacial score (nSPS) is 16.4. The molecule has 0 unspecified atom stereocenters. The third-order valence-electron chi connectivity index (χ3n) is 5.20. The third kappa shape index (κ3) is 6.81. The van der Waals surface area contributed by atoms with Crippen molar-refractivity contribution in [2.45, 2.75) is 32.2 Å². The molecule has 2 rings (SSSR count). The molecule has 0 aliphatic carbocycles. The number of ether oxygens (including phenoxy) is 3. The molecule has 1 aliphatic rings. The number of hydrogen-bond acceptors (Lipinski definition) is 6. The van der Waals surface area contributed by atoms with Gasteiger partial charge in [-0.25, -0.2) is 4.79 Å². The topological polar surface area (TPSA) is 80.3 Å².